The molecule has 1 aromatic carbocycles. The third-order valence-electron chi connectivity index (χ3n) is 3.26. The van der Waals surface area contributed by atoms with Crippen molar-refractivity contribution in [2.75, 3.05) is 19.8 Å². The molecule has 2 nitrogen and oxygen atoms in total. The van der Waals surface area contributed by atoms with Gasteiger partial charge < -0.3 is 10.1 Å². The summed E-state index contributed by atoms with van der Waals surface area (Å²) in [5.41, 5.74) is 2.73. The summed E-state index contributed by atoms with van der Waals surface area (Å²) in [4.78, 5) is 0. The zero-order chi connectivity index (χ0) is 11.4. The van der Waals surface area contributed by atoms with Crippen LogP contribution in [0.25, 0.3) is 0 Å². The molecule has 0 radical (unpaired) electrons. The van der Waals surface area contributed by atoms with E-state index < -0.39 is 0 Å². The van der Waals surface area contributed by atoms with Gasteiger partial charge in [-0.3, -0.25) is 0 Å². The van der Waals surface area contributed by atoms with Gasteiger partial charge in [-0.05, 0) is 25.5 Å². The normalized spacial score (nSPS) is 22.2. The maximum absolute atomic E-state index is 5.50. The van der Waals surface area contributed by atoms with Crippen molar-refractivity contribution in [1.29, 1.82) is 0 Å². The molecule has 0 bridgehead atoms. The lowest BCUT2D eigenvalue weighted by molar-refractivity contribution is 0.177. The highest BCUT2D eigenvalue weighted by Crippen LogP contribution is 2.29. The number of ether oxygens (including phenoxy) is 1. The van der Waals surface area contributed by atoms with Crippen LogP contribution < -0.4 is 5.32 Å². The lowest BCUT2D eigenvalue weighted by Gasteiger charge is -2.24. The van der Waals surface area contributed by atoms with E-state index in [2.05, 4.69) is 43.4 Å². The fraction of sp³-hybridized carbons (Fsp3) is 0.571. The van der Waals surface area contributed by atoms with Crippen molar-refractivity contribution in [3.63, 3.8) is 0 Å². The molecule has 2 rings (SSSR count). The maximum atomic E-state index is 5.50. The number of hydrogen-bond donors (Lipinski definition) is 1. The van der Waals surface area contributed by atoms with E-state index in [0.717, 1.165) is 19.8 Å². The molecule has 16 heavy (non-hydrogen) atoms. The Morgan fingerprint density at radius 3 is 3.00 bits per heavy atom. The van der Waals surface area contributed by atoms with Crippen LogP contribution in [0.15, 0.2) is 24.3 Å². The van der Waals surface area contributed by atoms with Crippen molar-refractivity contribution in [2.24, 2.45) is 5.92 Å². The van der Waals surface area contributed by atoms with Gasteiger partial charge in [0.15, 0.2) is 0 Å². The van der Waals surface area contributed by atoms with E-state index in [1.54, 1.807) is 0 Å². The van der Waals surface area contributed by atoms with Gasteiger partial charge in [-0.2, -0.15) is 0 Å². The highest BCUT2D eigenvalue weighted by Gasteiger charge is 2.26. The summed E-state index contributed by atoms with van der Waals surface area (Å²) in [6.45, 7) is 7.13. The Balaban J connectivity index is 2.17. The Morgan fingerprint density at radius 1 is 1.50 bits per heavy atom. The second-order valence-corrected chi connectivity index (χ2v) is 4.57. The first-order chi connectivity index (χ1) is 7.81. The highest BCUT2D eigenvalue weighted by atomic mass is 16.5. The molecule has 0 aromatic heterocycles. The van der Waals surface area contributed by atoms with Crippen LogP contribution in [-0.2, 0) is 4.74 Å². The number of hydrogen-bond acceptors (Lipinski definition) is 2. The Labute approximate surface area is 98.0 Å². The van der Waals surface area contributed by atoms with Crippen LogP contribution >= 0.6 is 0 Å². The lowest BCUT2D eigenvalue weighted by Crippen LogP contribution is -2.28. The van der Waals surface area contributed by atoms with E-state index in [0.29, 0.717) is 12.0 Å². The number of benzene rings is 1. The van der Waals surface area contributed by atoms with Crippen LogP contribution in [0.2, 0.25) is 0 Å². The average molecular weight is 219 g/mol. The zero-order valence-corrected chi connectivity index (χ0v) is 10.2. The van der Waals surface area contributed by atoms with Gasteiger partial charge in [-0.15, -0.1) is 0 Å². The molecule has 0 saturated carbocycles. The molecule has 1 heterocycles. The first kappa shape index (κ1) is 11.6. The Bertz CT molecular complexity index is 331. The molecule has 2 unspecified atom stereocenters. The third kappa shape index (κ3) is 2.63. The van der Waals surface area contributed by atoms with Crippen LogP contribution in [0.3, 0.4) is 0 Å². The fourth-order valence-electron chi connectivity index (χ4n) is 2.46. The largest absolute Gasteiger partial charge is 0.381 e. The highest BCUT2D eigenvalue weighted by molar-refractivity contribution is 5.25. The van der Waals surface area contributed by atoms with Crippen LogP contribution in [0.1, 0.15) is 30.5 Å². The summed E-state index contributed by atoms with van der Waals surface area (Å²) >= 11 is 0. The maximum Gasteiger partial charge on any atom is 0.0513 e. The first-order valence-corrected chi connectivity index (χ1v) is 6.19. The summed E-state index contributed by atoms with van der Waals surface area (Å²) in [6.07, 6.45) is 1.17. The van der Waals surface area contributed by atoms with E-state index >= 15 is 0 Å². The minimum absolute atomic E-state index is 0.451. The van der Waals surface area contributed by atoms with Gasteiger partial charge in [0.05, 0.1) is 6.61 Å². The number of nitrogens with one attached hydrogen (secondary N) is 1. The van der Waals surface area contributed by atoms with Crippen LogP contribution in [0.5, 0.6) is 0 Å². The Morgan fingerprint density at radius 2 is 2.38 bits per heavy atom. The van der Waals surface area contributed by atoms with E-state index in [4.69, 9.17) is 4.74 Å². The first-order valence-electron chi connectivity index (χ1n) is 6.19. The van der Waals surface area contributed by atoms with Crippen LogP contribution in [0.4, 0.5) is 0 Å². The van der Waals surface area contributed by atoms with E-state index in [1.807, 2.05) is 0 Å². The predicted molar refractivity (Wildman–Crippen MR) is 66.5 cm³/mol. The Kier molecular flexibility index (Phi) is 3.97. The van der Waals surface area contributed by atoms with Crippen molar-refractivity contribution in [1.82, 2.24) is 5.32 Å². The summed E-state index contributed by atoms with van der Waals surface area (Å²) in [7, 11) is 0. The second-order valence-electron chi connectivity index (χ2n) is 4.57. The van der Waals surface area contributed by atoms with Crippen molar-refractivity contribution >= 4 is 0 Å². The molecule has 1 N–H and O–H groups in total. The van der Waals surface area contributed by atoms with Gasteiger partial charge in [-0.25, -0.2) is 0 Å². The van der Waals surface area contributed by atoms with Gasteiger partial charge in [-0.1, -0.05) is 36.8 Å². The van der Waals surface area contributed by atoms with E-state index in [1.165, 1.54) is 17.5 Å². The third-order valence-corrected chi connectivity index (χ3v) is 3.26. The molecular formula is C14H21NO. The molecule has 0 amide bonds. The average Bonchev–Trinajstić information content (AvgIpc) is 2.79. The summed E-state index contributed by atoms with van der Waals surface area (Å²) in [5, 5.41) is 3.59. The number of rotatable bonds is 4. The smallest absolute Gasteiger partial charge is 0.0513 e. The van der Waals surface area contributed by atoms with Crippen molar-refractivity contribution < 1.29 is 4.74 Å². The molecule has 88 valence electrons. The van der Waals surface area contributed by atoms with Gasteiger partial charge in [0.2, 0.25) is 0 Å². The molecular weight excluding hydrogens is 198 g/mol. The second kappa shape index (κ2) is 5.46. The molecule has 0 spiro atoms. The molecule has 1 aliphatic heterocycles. The van der Waals surface area contributed by atoms with Gasteiger partial charge in [0, 0.05) is 18.6 Å². The van der Waals surface area contributed by atoms with E-state index in [9.17, 15) is 0 Å². The molecule has 1 fully saturated rings. The summed E-state index contributed by atoms with van der Waals surface area (Å²) in [5.74, 6) is 0.627. The SMILES string of the molecule is CCNC(c1cccc(C)c1)C1CCOC1. The molecule has 1 aliphatic rings. The van der Waals surface area contributed by atoms with Crippen LogP contribution in [0, 0.1) is 12.8 Å². The fourth-order valence-corrected chi connectivity index (χ4v) is 2.46. The number of aryl methyl sites for hydroxylation is 1. The molecule has 1 saturated heterocycles. The molecule has 2 atom stereocenters. The summed E-state index contributed by atoms with van der Waals surface area (Å²) < 4.78 is 5.50. The van der Waals surface area contributed by atoms with Gasteiger partial charge >= 0.3 is 0 Å². The lowest BCUT2D eigenvalue weighted by atomic mass is 9.91. The minimum atomic E-state index is 0.451. The standard InChI is InChI=1S/C14H21NO/c1-3-15-14(13-7-8-16-10-13)12-6-4-5-11(2)9-12/h4-6,9,13-15H,3,7-8,10H2,1-2H3. The minimum Gasteiger partial charge on any atom is -0.381 e. The van der Waals surface area contributed by atoms with Gasteiger partial charge in [0.25, 0.3) is 0 Å². The quantitative estimate of drug-likeness (QED) is 0.840. The topological polar surface area (TPSA) is 21.3 Å². The van der Waals surface area contributed by atoms with Crippen molar-refractivity contribution in [2.45, 2.75) is 26.3 Å². The molecule has 0 aliphatic carbocycles. The van der Waals surface area contributed by atoms with Gasteiger partial charge in [0.1, 0.15) is 0 Å². The predicted octanol–water partition coefficient (Wildman–Crippen LogP) is 2.68. The van der Waals surface area contributed by atoms with E-state index in [-0.39, 0.29) is 0 Å². The summed E-state index contributed by atoms with van der Waals surface area (Å²) in [6, 6.07) is 9.25. The zero-order valence-electron chi connectivity index (χ0n) is 10.2. The monoisotopic (exact) mass is 219 g/mol. The van der Waals surface area contributed by atoms with Crippen LogP contribution in [-0.4, -0.2) is 19.8 Å². The molecule has 2 heteroatoms. The van der Waals surface area contributed by atoms with Crippen molar-refractivity contribution in [3.8, 4) is 0 Å². The Hall–Kier alpha value is -0.860. The van der Waals surface area contributed by atoms with Crippen molar-refractivity contribution in [3.05, 3.63) is 35.4 Å². The molecule has 1 aromatic rings.